The Balaban J connectivity index is 2.06. The summed E-state index contributed by atoms with van der Waals surface area (Å²) in [6, 6.07) is 0. The van der Waals surface area contributed by atoms with E-state index in [1.165, 1.54) is 0 Å². The van der Waals surface area contributed by atoms with Crippen molar-refractivity contribution in [3.8, 4) is 0 Å². The first kappa shape index (κ1) is 10.2. The molecule has 1 aliphatic rings. The highest BCUT2D eigenvalue weighted by atomic mass is 28.2. The van der Waals surface area contributed by atoms with Crippen molar-refractivity contribution in [1.82, 2.24) is 0 Å². The maximum atomic E-state index is 8.86. The van der Waals surface area contributed by atoms with Gasteiger partial charge in [-0.05, 0) is 19.3 Å². The summed E-state index contributed by atoms with van der Waals surface area (Å²) in [5, 5.41) is 0. The fourth-order valence-corrected chi connectivity index (χ4v) is 1.60. The molecule has 0 saturated carbocycles. The SMILES string of the molecule is CCC(OCC1CCCO1)[Si]O. The molecule has 2 unspecified atom stereocenters. The van der Waals surface area contributed by atoms with Crippen LogP contribution in [0.2, 0.25) is 0 Å². The maximum absolute atomic E-state index is 8.86. The lowest BCUT2D eigenvalue weighted by Crippen LogP contribution is -2.25. The molecule has 0 aromatic heterocycles. The molecule has 2 atom stereocenters. The minimum atomic E-state index is -0.106. The minimum Gasteiger partial charge on any atom is -0.430 e. The lowest BCUT2D eigenvalue weighted by atomic mass is 10.2. The highest BCUT2D eigenvalue weighted by molar-refractivity contribution is 6.27. The van der Waals surface area contributed by atoms with Gasteiger partial charge in [0.05, 0.1) is 18.4 Å². The van der Waals surface area contributed by atoms with Crippen molar-refractivity contribution in [3.05, 3.63) is 0 Å². The highest BCUT2D eigenvalue weighted by Crippen LogP contribution is 2.12. The molecule has 1 N–H and O–H groups in total. The second-order valence-electron chi connectivity index (χ2n) is 2.99. The molecule has 1 heterocycles. The molecule has 0 aromatic rings. The summed E-state index contributed by atoms with van der Waals surface area (Å²) in [7, 11) is -0.106. The predicted molar refractivity (Wildman–Crippen MR) is 47.0 cm³/mol. The van der Waals surface area contributed by atoms with Crippen LogP contribution in [-0.2, 0) is 9.47 Å². The van der Waals surface area contributed by atoms with Crippen molar-refractivity contribution in [2.24, 2.45) is 0 Å². The Labute approximate surface area is 76.0 Å². The van der Waals surface area contributed by atoms with Gasteiger partial charge >= 0.3 is 0 Å². The molecule has 70 valence electrons. The molecule has 0 aliphatic carbocycles. The van der Waals surface area contributed by atoms with E-state index in [-0.39, 0.29) is 21.6 Å². The summed E-state index contributed by atoms with van der Waals surface area (Å²) in [5.74, 6) is 0. The van der Waals surface area contributed by atoms with Crippen LogP contribution in [0.5, 0.6) is 0 Å². The molecular weight excluding hydrogens is 172 g/mol. The molecule has 0 bridgehead atoms. The fourth-order valence-electron chi connectivity index (χ4n) is 1.25. The van der Waals surface area contributed by atoms with E-state index in [4.69, 9.17) is 14.3 Å². The summed E-state index contributed by atoms with van der Waals surface area (Å²) in [6.07, 6.45) is 3.40. The largest absolute Gasteiger partial charge is 0.430 e. The Morgan fingerprint density at radius 1 is 1.75 bits per heavy atom. The lowest BCUT2D eigenvalue weighted by Gasteiger charge is -2.15. The van der Waals surface area contributed by atoms with E-state index in [2.05, 4.69) is 0 Å². The van der Waals surface area contributed by atoms with Gasteiger partial charge in [0.25, 0.3) is 9.76 Å². The van der Waals surface area contributed by atoms with Crippen LogP contribution < -0.4 is 0 Å². The molecule has 0 aromatic carbocycles. The molecule has 4 heteroatoms. The topological polar surface area (TPSA) is 38.7 Å². The van der Waals surface area contributed by atoms with E-state index in [0.29, 0.717) is 6.61 Å². The van der Waals surface area contributed by atoms with E-state index < -0.39 is 0 Å². The van der Waals surface area contributed by atoms with Gasteiger partial charge < -0.3 is 14.3 Å². The van der Waals surface area contributed by atoms with Crippen LogP contribution in [0.15, 0.2) is 0 Å². The zero-order valence-corrected chi connectivity index (χ0v) is 8.45. The third kappa shape index (κ3) is 3.22. The minimum absolute atomic E-state index is 0.0224. The molecule has 1 rings (SSSR count). The zero-order valence-electron chi connectivity index (χ0n) is 7.45. The molecule has 1 saturated heterocycles. The number of hydrogen-bond acceptors (Lipinski definition) is 3. The Kier molecular flexibility index (Phi) is 4.83. The molecule has 12 heavy (non-hydrogen) atoms. The highest BCUT2D eigenvalue weighted by Gasteiger charge is 2.17. The van der Waals surface area contributed by atoms with Gasteiger partial charge in [0.2, 0.25) is 0 Å². The monoisotopic (exact) mass is 188 g/mol. The van der Waals surface area contributed by atoms with Crippen molar-refractivity contribution in [1.29, 1.82) is 0 Å². The molecule has 2 radical (unpaired) electrons. The predicted octanol–water partition coefficient (Wildman–Crippen LogP) is 0.530. The van der Waals surface area contributed by atoms with Gasteiger partial charge in [0, 0.05) is 6.61 Å². The summed E-state index contributed by atoms with van der Waals surface area (Å²) in [6.45, 7) is 3.53. The number of rotatable bonds is 5. The van der Waals surface area contributed by atoms with Gasteiger partial charge in [0.15, 0.2) is 0 Å². The van der Waals surface area contributed by atoms with Gasteiger partial charge in [-0.25, -0.2) is 0 Å². The van der Waals surface area contributed by atoms with Crippen molar-refractivity contribution in [3.63, 3.8) is 0 Å². The summed E-state index contributed by atoms with van der Waals surface area (Å²) >= 11 is 0. The molecule has 3 nitrogen and oxygen atoms in total. The first-order chi connectivity index (χ1) is 5.86. The quantitative estimate of drug-likeness (QED) is 0.640. The van der Waals surface area contributed by atoms with Crippen LogP contribution in [0.1, 0.15) is 26.2 Å². The fraction of sp³-hybridized carbons (Fsp3) is 1.00. The van der Waals surface area contributed by atoms with Crippen LogP contribution in [0, 0.1) is 0 Å². The summed E-state index contributed by atoms with van der Waals surface area (Å²) in [4.78, 5) is 8.86. The average Bonchev–Trinajstić information content (AvgIpc) is 2.59. The maximum Gasteiger partial charge on any atom is 0.257 e. The van der Waals surface area contributed by atoms with Crippen molar-refractivity contribution in [2.45, 2.75) is 38.0 Å². The van der Waals surface area contributed by atoms with Gasteiger partial charge in [0.1, 0.15) is 0 Å². The van der Waals surface area contributed by atoms with Crippen LogP contribution in [0.3, 0.4) is 0 Å². The van der Waals surface area contributed by atoms with Gasteiger partial charge in [-0.2, -0.15) is 0 Å². The second-order valence-corrected chi connectivity index (χ2v) is 3.90. The summed E-state index contributed by atoms with van der Waals surface area (Å²) in [5.41, 5.74) is 0.0224. The Bertz CT molecular complexity index is 109. The van der Waals surface area contributed by atoms with Crippen LogP contribution >= 0.6 is 0 Å². The first-order valence-electron chi connectivity index (χ1n) is 4.49. The van der Waals surface area contributed by atoms with E-state index in [0.717, 1.165) is 25.9 Å². The first-order valence-corrected chi connectivity index (χ1v) is 5.52. The van der Waals surface area contributed by atoms with Crippen molar-refractivity contribution >= 4 is 9.76 Å². The third-order valence-corrected chi connectivity index (χ3v) is 2.88. The number of hydrogen-bond donors (Lipinski definition) is 1. The van der Waals surface area contributed by atoms with Crippen LogP contribution in [0.4, 0.5) is 0 Å². The van der Waals surface area contributed by atoms with Gasteiger partial charge in [-0.3, -0.25) is 0 Å². The van der Waals surface area contributed by atoms with Gasteiger partial charge in [-0.15, -0.1) is 0 Å². The van der Waals surface area contributed by atoms with E-state index in [9.17, 15) is 0 Å². The Hall–Kier alpha value is 0.0969. The second kappa shape index (κ2) is 5.69. The standard InChI is InChI=1S/C8H16O3Si/c1-2-8(12-9)11-6-7-4-3-5-10-7/h7-9H,2-6H2,1H3. The van der Waals surface area contributed by atoms with E-state index >= 15 is 0 Å². The van der Waals surface area contributed by atoms with Crippen molar-refractivity contribution in [2.75, 3.05) is 13.2 Å². The van der Waals surface area contributed by atoms with Gasteiger partial charge in [-0.1, -0.05) is 6.92 Å². The number of ether oxygens (including phenoxy) is 2. The molecule has 1 fully saturated rings. The Morgan fingerprint density at radius 2 is 2.58 bits per heavy atom. The lowest BCUT2D eigenvalue weighted by molar-refractivity contribution is 0.00119. The smallest absolute Gasteiger partial charge is 0.257 e. The molecule has 0 amide bonds. The van der Waals surface area contributed by atoms with Crippen molar-refractivity contribution < 1.29 is 14.3 Å². The zero-order chi connectivity index (χ0) is 8.81. The third-order valence-electron chi connectivity index (χ3n) is 2.02. The molecular formula is C8H16O3Si. The molecule has 1 aliphatic heterocycles. The molecule has 0 spiro atoms. The van der Waals surface area contributed by atoms with Crippen LogP contribution in [-0.4, -0.2) is 39.6 Å². The average molecular weight is 188 g/mol. The van der Waals surface area contributed by atoms with Crippen LogP contribution in [0.25, 0.3) is 0 Å². The summed E-state index contributed by atoms with van der Waals surface area (Å²) < 4.78 is 10.9. The van der Waals surface area contributed by atoms with E-state index in [1.807, 2.05) is 6.92 Å². The van der Waals surface area contributed by atoms with E-state index in [1.54, 1.807) is 0 Å². The normalized spacial score (nSPS) is 26.0. The Morgan fingerprint density at radius 3 is 3.08 bits per heavy atom.